The van der Waals surface area contributed by atoms with E-state index in [1.54, 1.807) is 0 Å². The van der Waals surface area contributed by atoms with E-state index >= 15 is 0 Å². The lowest BCUT2D eigenvalue weighted by molar-refractivity contribution is -0.167. The second-order valence-electron chi connectivity index (χ2n) is 19.9. The van der Waals surface area contributed by atoms with Crippen molar-refractivity contribution < 1.29 is 28.6 Å². The van der Waals surface area contributed by atoms with Crippen LogP contribution in [0.2, 0.25) is 0 Å². The van der Waals surface area contributed by atoms with Gasteiger partial charge in [0.1, 0.15) is 13.2 Å². The van der Waals surface area contributed by atoms with Gasteiger partial charge in [0, 0.05) is 19.3 Å². The minimum Gasteiger partial charge on any atom is -0.462 e. The average molecular weight is 966 g/mol. The van der Waals surface area contributed by atoms with E-state index in [2.05, 4.69) is 81.5 Å². The third-order valence-electron chi connectivity index (χ3n) is 13.0. The maximum atomic E-state index is 12.8. The van der Waals surface area contributed by atoms with Gasteiger partial charge < -0.3 is 14.2 Å². The first kappa shape index (κ1) is 66.1. The highest BCUT2D eigenvalue weighted by Crippen LogP contribution is 2.16. The highest BCUT2D eigenvalue weighted by molar-refractivity contribution is 5.71. The number of ether oxygens (including phenoxy) is 3. The molecule has 0 aliphatic heterocycles. The molecule has 0 fully saturated rings. The Morgan fingerprint density at radius 1 is 0.304 bits per heavy atom. The van der Waals surface area contributed by atoms with Gasteiger partial charge in [-0.15, -0.1) is 0 Å². The van der Waals surface area contributed by atoms with E-state index in [9.17, 15) is 14.4 Å². The fraction of sp³-hybridized carbons (Fsp3) is 0.794. The first-order valence-corrected chi connectivity index (χ1v) is 29.8. The van der Waals surface area contributed by atoms with Crippen LogP contribution >= 0.6 is 0 Å². The summed E-state index contributed by atoms with van der Waals surface area (Å²) in [5, 5.41) is 0. The molecule has 69 heavy (non-hydrogen) atoms. The standard InChI is InChI=1S/C63H112O6/c1-4-7-10-13-16-19-22-25-26-27-28-29-30-31-32-33-34-35-36-39-41-44-47-50-53-56-62(65)68-59-60(69-63(66)57-54-51-48-45-42-38-24-21-18-15-12-9-6-3)58-67-61(64)55-52-49-46-43-40-37-23-20-17-14-11-8-5-2/h9,12,18,20-21,23,27-28,38,42,60H,4-8,10-11,13-17,19,22,24-26,29-37,39-41,43-59H2,1-3H3/b12-9-,21-18-,23-20-,28-27-,42-38-. The zero-order valence-corrected chi connectivity index (χ0v) is 45.8. The highest BCUT2D eigenvalue weighted by Gasteiger charge is 2.19. The summed E-state index contributed by atoms with van der Waals surface area (Å²) in [5.74, 6) is -0.916. The average Bonchev–Trinajstić information content (AvgIpc) is 3.35. The molecule has 1 atom stereocenters. The summed E-state index contributed by atoms with van der Waals surface area (Å²) in [7, 11) is 0. The molecule has 0 aromatic rings. The molecule has 0 saturated heterocycles. The molecule has 0 aromatic heterocycles. The molecule has 6 nitrogen and oxygen atoms in total. The number of esters is 3. The molecule has 0 amide bonds. The van der Waals surface area contributed by atoms with Gasteiger partial charge in [-0.1, -0.05) is 242 Å². The Balaban J connectivity index is 4.25. The lowest BCUT2D eigenvalue weighted by Gasteiger charge is -2.18. The van der Waals surface area contributed by atoms with Gasteiger partial charge in [-0.3, -0.25) is 14.4 Å². The van der Waals surface area contributed by atoms with E-state index in [1.165, 1.54) is 173 Å². The zero-order chi connectivity index (χ0) is 50.0. The van der Waals surface area contributed by atoms with Crippen LogP contribution in [0.4, 0.5) is 0 Å². The lowest BCUT2D eigenvalue weighted by atomic mass is 10.0. The maximum absolute atomic E-state index is 12.8. The van der Waals surface area contributed by atoms with Gasteiger partial charge in [0.2, 0.25) is 0 Å². The Hall–Kier alpha value is -2.89. The molecule has 0 spiro atoms. The van der Waals surface area contributed by atoms with Crippen molar-refractivity contribution in [3.63, 3.8) is 0 Å². The van der Waals surface area contributed by atoms with Crippen LogP contribution in [0.3, 0.4) is 0 Å². The third-order valence-corrected chi connectivity index (χ3v) is 13.0. The van der Waals surface area contributed by atoms with Crippen molar-refractivity contribution in [2.45, 2.75) is 309 Å². The molecule has 0 rings (SSSR count). The van der Waals surface area contributed by atoms with Gasteiger partial charge in [-0.2, -0.15) is 0 Å². The second-order valence-corrected chi connectivity index (χ2v) is 19.9. The van der Waals surface area contributed by atoms with E-state index in [0.29, 0.717) is 19.3 Å². The molecule has 0 aliphatic carbocycles. The first-order valence-electron chi connectivity index (χ1n) is 29.8. The van der Waals surface area contributed by atoms with Crippen LogP contribution in [0, 0.1) is 0 Å². The third kappa shape index (κ3) is 55.9. The number of rotatable bonds is 54. The van der Waals surface area contributed by atoms with Crippen LogP contribution in [0.1, 0.15) is 303 Å². The minimum atomic E-state index is -0.792. The molecule has 0 aliphatic rings. The summed E-state index contributed by atoms with van der Waals surface area (Å²) < 4.78 is 16.8. The molecule has 400 valence electrons. The van der Waals surface area contributed by atoms with E-state index in [4.69, 9.17) is 14.2 Å². The van der Waals surface area contributed by atoms with Crippen molar-refractivity contribution in [1.82, 2.24) is 0 Å². The normalized spacial score (nSPS) is 12.4. The molecule has 0 saturated carbocycles. The zero-order valence-electron chi connectivity index (χ0n) is 45.8. The Morgan fingerprint density at radius 3 is 0.928 bits per heavy atom. The van der Waals surface area contributed by atoms with Crippen molar-refractivity contribution in [1.29, 1.82) is 0 Å². The van der Waals surface area contributed by atoms with Crippen LogP contribution in [0.5, 0.6) is 0 Å². The van der Waals surface area contributed by atoms with E-state index < -0.39 is 6.10 Å². The maximum Gasteiger partial charge on any atom is 0.306 e. The molecule has 0 bridgehead atoms. The van der Waals surface area contributed by atoms with Crippen LogP contribution < -0.4 is 0 Å². The molecular weight excluding hydrogens is 853 g/mol. The van der Waals surface area contributed by atoms with Crippen molar-refractivity contribution in [2.75, 3.05) is 13.2 Å². The minimum absolute atomic E-state index is 0.0873. The topological polar surface area (TPSA) is 78.9 Å². The molecular formula is C63H112O6. The summed E-state index contributed by atoms with van der Waals surface area (Å²) in [6.45, 7) is 6.50. The van der Waals surface area contributed by atoms with Crippen LogP contribution in [-0.2, 0) is 28.6 Å². The van der Waals surface area contributed by atoms with Crippen molar-refractivity contribution in [3.05, 3.63) is 60.8 Å². The number of unbranched alkanes of at least 4 members (excludes halogenated alkanes) is 33. The van der Waals surface area contributed by atoms with E-state index in [-0.39, 0.29) is 31.1 Å². The number of hydrogen-bond acceptors (Lipinski definition) is 6. The van der Waals surface area contributed by atoms with Crippen molar-refractivity contribution >= 4 is 17.9 Å². The summed E-state index contributed by atoms with van der Waals surface area (Å²) in [4.78, 5) is 38.1. The molecule has 6 heteroatoms. The molecule has 0 aromatic carbocycles. The first-order chi connectivity index (χ1) is 34.0. The lowest BCUT2D eigenvalue weighted by Crippen LogP contribution is -2.30. The SMILES string of the molecule is CC/C=C\C/C=C\C/C=C\CCCCCC(=O)OC(COC(=O)CCCCCCC/C=C\CCCCCC)COC(=O)CCCCCCCCCCCCCCC/C=C\CCCCCCCCCC. The van der Waals surface area contributed by atoms with Crippen LogP contribution in [0.25, 0.3) is 0 Å². The number of carbonyl (C=O) groups is 3. The fourth-order valence-corrected chi connectivity index (χ4v) is 8.51. The van der Waals surface area contributed by atoms with E-state index in [0.717, 1.165) is 89.9 Å². The van der Waals surface area contributed by atoms with Gasteiger partial charge in [-0.25, -0.2) is 0 Å². The van der Waals surface area contributed by atoms with Gasteiger partial charge >= 0.3 is 17.9 Å². The van der Waals surface area contributed by atoms with Gasteiger partial charge in [0.25, 0.3) is 0 Å². The predicted molar refractivity (Wildman–Crippen MR) is 298 cm³/mol. The summed E-state index contributed by atoms with van der Waals surface area (Å²) in [6, 6.07) is 0. The van der Waals surface area contributed by atoms with Crippen LogP contribution in [-0.4, -0.2) is 37.2 Å². The van der Waals surface area contributed by atoms with Crippen molar-refractivity contribution in [3.8, 4) is 0 Å². The van der Waals surface area contributed by atoms with Crippen LogP contribution in [0.15, 0.2) is 60.8 Å². The fourth-order valence-electron chi connectivity index (χ4n) is 8.51. The van der Waals surface area contributed by atoms with Gasteiger partial charge in [0.15, 0.2) is 6.10 Å². The quantitative estimate of drug-likeness (QED) is 0.0262. The monoisotopic (exact) mass is 965 g/mol. The van der Waals surface area contributed by atoms with E-state index in [1.807, 2.05) is 0 Å². The number of allylic oxidation sites excluding steroid dienone is 10. The largest absolute Gasteiger partial charge is 0.462 e. The van der Waals surface area contributed by atoms with Gasteiger partial charge in [-0.05, 0) is 103 Å². The summed E-state index contributed by atoms with van der Waals surface area (Å²) in [5.41, 5.74) is 0. The molecule has 0 heterocycles. The number of hydrogen-bond donors (Lipinski definition) is 0. The highest BCUT2D eigenvalue weighted by atomic mass is 16.6. The smallest absolute Gasteiger partial charge is 0.306 e. The van der Waals surface area contributed by atoms with Crippen molar-refractivity contribution in [2.24, 2.45) is 0 Å². The summed E-state index contributed by atoms with van der Waals surface area (Å²) in [6.07, 6.45) is 72.3. The second kappa shape index (κ2) is 57.7. The predicted octanol–water partition coefficient (Wildman–Crippen LogP) is 20.0. The van der Waals surface area contributed by atoms with Gasteiger partial charge in [0.05, 0.1) is 0 Å². The Kier molecular flexibility index (Phi) is 55.3. The Bertz CT molecular complexity index is 1250. The number of carbonyl (C=O) groups excluding carboxylic acids is 3. The summed E-state index contributed by atoms with van der Waals surface area (Å²) >= 11 is 0. The Morgan fingerprint density at radius 2 is 0.565 bits per heavy atom. The Labute approximate surface area is 428 Å². The molecule has 0 N–H and O–H groups in total. The molecule has 0 radical (unpaired) electrons. The molecule has 1 unspecified atom stereocenters.